The summed E-state index contributed by atoms with van der Waals surface area (Å²) in [5.74, 6) is 0.911. The summed E-state index contributed by atoms with van der Waals surface area (Å²) >= 11 is 12.4. The van der Waals surface area contributed by atoms with E-state index in [-0.39, 0.29) is 30.9 Å². The second-order valence-electron chi connectivity index (χ2n) is 9.08. The molecule has 0 spiro atoms. The lowest BCUT2D eigenvalue weighted by Gasteiger charge is -2.31. The topological polar surface area (TPSA) is 67.9 Å². The van der Waals surface area contributed by atoms with Gasteiger partial charge in [-0.25, -0.2) is 0 Å². The molecule has 0 aliphatic carbocycles. The van der Waals surface area contributed by atoms with Gasteiger partial charge in [-0.2, -0.15) is 0 Å². The highest BCUT2D eigenvalue weighted by Gasteiger charge is 2.31. The zero-order valence-corrected chi connectivity index (χ0v) is 22.8. The van der Waals surface area contributed by atoms with Gasteiger partial charge >= 0.3 is 0 Å². The number of methoxy groups -OCH3 is 1. The summed E-state index contributed by atoms with van der Waals surface area (Å²) in [6.45, 7) is 4.47. The van der Waals surface area contributed by atoms with Crippen molar-refractivity contribution in [2.75, 3.05) is 20.3 Å². The number of nitrogens with zero attached hydrogens (tertiary/aromatic N) is 1. The molecule has 1 atom stereocenters. The van der Waals surface area contributed by atoms with Gasteiger partial charge in [0.2, 0.25) is 5.91 Å². The third-order valence-electron chi connectivity index (χ3n) is 5.71. The van der Waals surface area contributed by atoms with Crippen molar-refractivity contribution < 1.29 is 19.1 Å². The zero-order chi connectivity index (χ0) is 26.8. The van der Waals surface area contributed by atoms with Gasteiger partial charge in [0.15, 0.2) is 6.61 Å². The normalized spacial score (nSPS) is 11.6. The summed E-state index contributed by atoms with van der Waals surface area (Å²) in [6.07, 6.45) is 0.348. The Labute approximate surface area is 228 Å². The molecule has 0 aliphatic heterocycles. The third-order valence-corrected chi connectivity index (χ3v) is 6.45. The van der Waals surface area contributed by atoms with Crippen LogP contribution in [0.25, 0.3) is 0 Å². The van der Waals surface area contributed by atoms with E-state index in [0.717, 1.165) is 11.1 Å². The highest BCUT2D eigenvalue weighted by molar-refractivity contribution is 6.42. The van der Waals surface area contributed by atoms with Crippen molar-refractivity contribution in [3.63, 3.8) is 0 Å². The van der Waals surface area contributed by atoms with Crippen LogP contribution >= 0.6 is 23.2 Å². The van der Waals surface area contributed by atoms with Gasteiger partial charge in [0.1, 0.15) is 17.5 Å². The van der Waals surface area contributed by atoms with Crippen molar-refractivity contribution in [3.8, 4) is 11.5 Å². The molecule has 37 heavy (non-hydrogen) atoms. The average molecular weight is 543 g/mol. The smallest absolute Gasteiger partial charge is 0.261 e. The maximum atomic E-state index is 13.6. The molecule has 1 N–H and O–H groups in total. The minimum atomic E-state index is -0.762. The van der Waals surface area contributed by atoms with E-state index in [1.807, 2.05) is 44.2 Å². The SMILES string of the molecule is COc1ccc(OCC(=O)N(Cc2ccc(Cl)c(Cl)c2)C(Cc2ccccc2)C(=O)NCC(C)C)cc1. The fraction of sp³-hybridized carbons (Fsp3) is 0.310. The quantitative estimate of drug-likeness (QED) is 0.314. The highest BCUT2D eigenvalue weighted by Crippen LogP contribution is 2.25. The van der Waals surface area contributed by atoms with Crippen molar-refractivity contribution in [1.82, 2.24) is 10.2 Å². The number of halogens is 2. The van der Waals surface area contributed by atoms with Crippen molar-refractivity contribution >= 4 is 35.0 Å². The van der Waals surface area contributed by atoms with E-state index in [4.69, 9.17) is 32.7 Å². The van der Waals surface area contributed by atoms with Gasteiger partial charge in [0.05, 0.1) is 17.2 Å². The minimum Gasteiger partial charge on any atom is -0.497 e. The van der Waals surface area contributed by atoms with Crippen LogP contribution in [0.2, 0.25) is 10.0 Å². The Morgan fingerprint density at radius 3 is 2.19 bits per heavy atom. The third kappa shape index (κ3) is 8.69. The first-order valence-corrected chi connectivity index (χ1v) is 12.8. The van der Waals surface area contributed by atoms with Crippen LogP contribution in [0.5, 0.6) is 11.5 Å². The molecule has 0 radical (unpaired) electrons. The van der Waals surface area contributed by atoms with Gasteiger partial charge in [-0.3, -0.25) is 9.59 Å². The molecule has 196 valence electrons. The first kappa shape index (κ1) is 28.4. The van der Waals surface area contributed by atoms with Crippen molar-refractivity contribution in [2.24, 2.45) is 5.92 Å². The van der Waals surface area contributed by atoms with E-state index in [2.05, 4.69) is 5.32 Å². The Bertz CT molecular complexity index is 1170. The van der Waals surface area contributed by atoms with Crippen LogP contribution in [-0.4, -0.2) is 43.0 Å². The second-order valence-corrected chi connectivity index (χ2v) is 9.89. The van der Waals surface area contributed by atoms with Gasteiger partial charge in [-0.15, -0.1) is 0 Å². The van der Waals surface area contributed by atoms with Crippen LogP contribution in [0.1, 0.15) is 25.0 Å². The Morgan fingerprint density at radius 1 is 0.892 bits per heavy atom. The van der Waals surface area contributed by atoms with Gasteiger partial charge < -0.3 is 19.7 Å². The summed E-state index contributed by atoms with van der Waals surface area (Å²) in [6, 6.07) is 21.0. The van der Waals surface area contributed by atoms with Crippen LogP contribution < -0.4 is 14.8 Å². The predicted octanol–water partition coefficient (Wildman–Crippen LogP) is 5.79. The number of hydrogen-bond acceptors (Lipinski definition) is 4. The minimum absolute atomic E-state index is 0.161. The van der Waals surface area contributed by atoms with Gasteiger partial charge in [-0.05, 0) is 53.4 Å². The molecule has 0 heterocycles. The van der Waals surface area contributed by atoms with Crippen LogP contribution in [-0.2, 0) is 22.6 Å². The van der Waals surface area contributed by atoms with Gasteiger partial charge in [0, 0.05) is 19.5 Å². The highest BCUT2D eigenvalue weighted by atomic mass is 35.5. The summed E-state index contributed by atoms with van der Waals surface area (Å²) in [5.41, 5.74) is 1.69. The van der Waals surface area contributed by atoms with Crippen LogP contribution in [0.3, 0.4) is 0 Å². The number of ether oxygens (including phenoxy) is 2. The second kappa shape index (κ2) is 13.9. The van der Waals surface area contributed by atoms with Crippen molar-refractivity contribution in [2.45, 2.75) is 32.9 Å². The predicted molar refractivity (Wildman–Crippen MR) is 147 cm³/mol. The molecule has 3 aromatic carbocycles. The van der Waals surface area contributed by atoms with E-state index in [1.54, 1.807) is 54.5 Å². The molecule has 2 amide bonds. The molecule has 3 rings (SSSR count). The number of rotatable bonds is 12. The van der Waals surface area contributed by atoms with E-state index in [9.17, 15) is 9.59 Å². The van der Waals surface area contributed by atoms with Crippen LogP contribution in [0.4, 0.5) is 0 Å². The monoisotopic (exact) mass is 542 g/mol. The number of carbonyl (C=O) groups is 2. The Kier molecular flexibility index (Phi) is 10.7. The number of amides is 2. The molecule has 0 fully saturated rings. The fourth-order valence-corrected chi connectivity index (χ4v) is 4.03. The Morgan fingerprint density at radius 2 is 1.57 bits per heavy atom. The maximum absolute atomic E-state index is 13.6. The number of hydrogen-bond donors (Lipinski definition) is 1. The number of benzene rings is 3. The molecule has 0 saturated carbocycles. The zero-order valence-electron chi connectivity index (χ0n) is 21.2. The summed E-state index contributed by atoms with van der Waals surface area (Å²) in [7, 11) is 1.58. The molecular formula is C29H32Cl2N2O4. The lowest BCUT2D eigenvalue weighted by atomic mass is 10.0. The molecule has 6 nitrogen and oxygen atoms in total. The molecule has 0 aliphatic rings. The van der Waals surface area contributed by atoms with E-state index in [1.165, 1.54) is 0 Å². The molecule has 3 aromatic rings. The molecule has 0 aromatic heterocycles. The summed E-state index contributed by atoms with van der Waals surface area (Å²) < 4.78 is 11.0. The molecule has 1 unspecified atom stereocenters. The fourth-order valence-electron chi connectivity index (χ4n) is 3.71. The number of nitrogens with one attached hydrogen (secondary N) is 1. The Hall–Kier alpha value is -3.22. The largest absolute Gasteiger partial charge is 0.497 e. The van der Waals surface area contributed by atoms with Crippen molar-refractivity contribution in [1.29, 1.82) is 0 Å². The van der Waals surface area contributed by atoms with Crippen LogP contribution in [0, 0.1) is 5.92 Å². The van der Waals surface area contributed by atoms with Gasteiger partial charge in [-0.1, -0.05) is 73.4 Å². The summed E-state index contributed by atoms with van der Waals surface area (Å²) in [4.78, 5) is 28.6. The van der Waals surface area contributed by atoms with E-state index < -0.39 is 6.04 Å². The molecule has 0 saturated heterocycles. The molecule has 8 heteroatoms. The molecular weight excluding hydrogens is 511 g/mol. The average Bonchev–Trinajstić information content (AvgIpc) is 2.90. The van der Waals surface area contributed by atoms with Crippen LogP contribution in [0.15, 0.2) is 72.8 Å². The first-order chi connectivity index (χ1) is 17.8. The maximum Gasteiger partial charge on any atom is 0.261 e. The Balaban J connectivity index is 1.90. The lowest BCUT2D eigenvalue weighted by Crippen LogP contribution is -2.52. The van der Waals surface area contributed by atoms with Gasteiger partial charge in [0.25, 0.3) is 5.91 Å². The standard InChI is InChI=1S/C29H32Cl2N2O4/c1-20(2)17-32-29(35)27(16-21-7-5-4-6-8-21)33(18-22-9-14-25(30)26(31)15-22)28(34)19-37-24-12-10-23(36-3)11-13-24/h4-15,20,27H,16-19H2,1-3H3,(H,32,35). The van der Waals surface area contributed by atoms with E-state index in [0.29, 0.717) is 34.5 Å². The van der Waals surface area contributed by atoms with E-state index >= 15 is 0 Å². The number of carbonyl (C=O) groups excluding carboxylic acids is 2. The lowest BCUT2D eigenvalue weighted by molar-refractivity contribution is -0.142. The summed E-state index contributed by atoms with van der Waals surface area (Å²) in [5, 5.41) is 3.79. The first-order valence-electron chi connectivity index (χ1n) is 12.1. The molecule has 0 bridgehead atoms. The van der Waals surface area contributed by atoms with Crippen molar-refractivity contribution in [3.05, 3.63) is 94.0 Å².